The van der Waals surface area contributed by atoms with E-state index in [2.05, 4.69) is 16.0 Å². The second-order valence-electron chi connectivity index (χ2n) is 12.7. The Morgan fingerprint density at radius 3 is 1.85 bits per heavy atom. The monoisotopic (exact) mass is 640 g/mol. The van der Waals surface area contributed by atoms with Crippen LogP contribution in [0.15, 0.2) is 60.7 Å². The van der Waals surface area contributed by atoms with Crippen LogP contribution in [-0.4, -0.2) is 83.4 Å². The van der Waals surface area contributed by atoms with Crippen LogP contribution in [0.4, 0.5) is 9.59 Å². The van der Waals surface area contributed by atoms with Gasteiger partial charge in [-0.2, -0.15) is 0 Å². The third-order valence-corrected chi connectivity index (χ3v) is 6.99. The first-order valence-electron chi connectivity index (χ1n) is 15.3. The van der Waals surface area contributed by atoms with Crippen LogP contribution >= 0.6 is 0 Å². The SMILES string of the molecule is COC(=O)[C@H](NC(=O)[C@H](NC(=O)N(C[C@@H](O)[C@@H](Cc1ccccc1)NC(=O)OC(C)(C)C)C(=O)c1ccccc1)C(C)C)C(C)C. The van der Waals surface area contributed by atoms with Gasteiger partial charge in [-0.15, -0.1) is 0 Å². The van der Waals surface area contributed by atoms with E-state index in [0.717, 1.165) is 10.5 Å². The summed E-state index contributed by atoms with van der Waals surface area (Å²) in [6.45, 7) is 11.5. The number of aliphatic hydroxyl groups is 1. The van der Waals surface area contributed by atoms with Gasteiger partial charge in [-0.05, 0) is 56.7 Å². The van der Waals surface area contributed by atoms with Crippen molar-refractivity contribution >= 4 is 29.9 Å². The number of hydrogen-bond acceptors (Lipinski definition) is 8. The molecule has 0 aliphatic heterocycles. The normalized spacial score (nSPS) is 14.0. The molecule has 0 radical (unpaired) electrons. The topological polar surface area (TPSA) is 163 Å². The number of nitrogens with zero attached hydrogens (tertiary/aromatic N) is 1. The van der Waals surface area contributed by atoms with Crippen LogP contribution in [0.25, 0.3) is 0 Å². The lowest BCUT2D eigenvalue weighted by Gasteiger charge is -2.32. The molecule has 12 nitrogen and oxygen atoms in total. The van der Waals surface area contributed by atoms with Crippen molar-refractivity contribution in [1.29, 1.82) is 0 Å². The highest BCUT2D eigenvalue weighted by Crippen LogP contribution is 2.15. The van der Waals surface area contributed by atoms with Gasteiger partial charge in [0.25, 0.3) is 5.91 Å². The number of nitrogens with one attached hydrogen (secondary N) is 3. The molecule has 4 N–H and O–H groups in total. The Labute approximate surface area is 271 Å². The molecule has 0 aromatic heterocycles. The Morgan fingerprint density at radius 2 is 1.35 bits per heavy atom. The minimum atomic E-state index is -1.44. The predicted octanol–water partition coefficient (Wildman–Crippen LogP) is 3.67. The van der Waals surface area contributed by atoms with Gasteiger partial charge in [-0.3, -0.25) is 14.5 Å². The molecule has 0 heterocycles. The first kappa shape index (κ1) is 37.7. The number of carbonyl (C=O) groups excluding carboxylic acids is 5. The summed E-state index contributed by atoms with van der Waals surface area (Å²) < 4.78 is 10.2. The van der Waals surface area contributed by atoms with Gasteiger partial charge in [0.1, 0.15) is 17.7 Å². The number of ether oxygens (including phenoxy) is 2. The third-order valence-electron chi connectivity index (χ3n) is 6.99. The second-order valence-corrected chi connectivity index (χ2v) is 12.7. The van der Waals surface area contributed by atoms with Gasteiger partial charge < -0.3 is 30.5 Å². The van der Waals surface area contributed by atoms with Crippen LogP contribution in [0.1, 0.15) is 64.4 Å². The van der Waals surface area contributed by atoms with Crippen LogP contribution in [0.2, 0.25) is 0 Å². The Bertz CT molecular complexity index is 1310. The third kappa shape index (κ3) is 11.8. The molecule has 2 aromatic carbocycles. The molecule has 0 saturated heterocycles. The number of rotatable bonds is 13. The zero-order valence-corrected chi connectivity index (χ0v) is 27.9. The molecule has 0 spiro atoms. The lowest BCUT2D eigenvalue weighted by molar-refractivity contribution is -0.146. The van der Waals surface area contributed by atoms with Crippen LogP contribution < -0.4 is 16.0 Å². The number of methoxy groups -OCH3 is 1. The fourth-order valence-corrected chi connectivity index (χ4v) is 4.53. The second kappa shape index (κ2) is 17.3. The van der Waals surface area contributed by atoms with Crippen LogP contribution in [0, 0.1) is 11.8 Å². The molecule has 2 rings (SSSR count). The molecule has 0 bridgehead atoms. The summed E-state index contributed by atoms with van der Waals surface area (Å²) in [7, 11) is 1.21. The van der Waals surface area contributed by atoms with Crippen LogP contribution in [0.3, 0.4) is 0 Å². The summed E-state index contributed by atoms with van der Waals surface area (Å²) in [4.78, 5) is 66.7. The number of hydrogen-bond donors (Lipinski definition) is 4. The number of esters is 1. The largest absolute Gasteiger partial charge is 0.467 e. The molecule has 46 heavy (non-hydrogen) atoms. The van der Waals surface area contributed by atoms with Gasteiger partial charge in [-0.25, -0.2) is 14.4 Å². The van der Waals surface area contributed by atoms with Crippen molar-refractivity contribution in [3.8, 4) is 0 Å². The van der Waals surface area contributed by atoms with Crippen molar-refractivity contribution in [3.05, 3.63) is 71.8 Å². The molecule has 12 heteroatoms. The maximum Gasteiger partial charge on any atom is 0.407 e. The average molecular weight is 641 g/mol. The fourth-order valence-electron chi connectivity index (χ4n) is 4.53. The fraction of sp³-hybridized carbons (Fsp3) is 0.500. The summed E-state index contributed by atoms with van der Waals surface area (Å²) in [6.07, 6.45) is -2.06. The van der Waals surface area contributed by atoms with Gasteiger partial charge in [0, 0.05) is 5.56 Å². The molecule has 4 atom stereocenters. The zero-order chi connectivity index (χ0) is 34.6. The van der Waals surface area contributed by atoms with Crippen molar-refractivity contribution in [2.24, 2.45) is 11.8 Å². The molecule has 2 aromatic rings. The molecular weight excluding hydrogens is 592 g/mol. The molecule has 0 aliphatic rings. The summed E-state index contributed by atoms with van der Waals surface area (Å²) in [5, 5.41) is 19.4. The molecular formula is C34H48N4O8. The Balaban J connectivity index is 2.41. The minimum absolute atomic E-state index is 0.164. The minimum Gasteiger partial charge on any atom is -0.467 e. The van der Waals surface area contributed by atoms with Crippen molar-refractivity contribution in [2.75, 3.05) is 13.7 Å². The first-order chi connectivity index (χ1) is 21.5. The maximum atomic E-state index is 13.8. The molecule has 0 fully saturated rings. The van der Waals surface area contributed by atoms with Crippen molar-refractivity contribution in [2.45, 2.75) is 84.7 Å². The summed E-state index contributed by atoms with van der Waals surface area (Å²) in [5.41, 5.74) is 0.145. The number of alkyl carbamates (subject to hydrolysis) is 1. The Hall–Kier alpha value is -4.45. The maximum absolute atomic E-state index is 13.8. The van der Waals surface area contributed by atoms with Gasteiger partial charge in [0.15, 0.2) is 0 Å². The van der Waals surface area contributed by atoms with E-state index in [0.29, 0.717) is 0 Å². The van der Waals surface area contributed by atoms with E-state index < -0.39 is 72.2 Å². The highest BCUT2D eigenvalue weighted by molar-refractivity contribution is 6.05. The summed E-state index contributed by atoms with van der Waals surface area (Å²) >= 11 is 0. The van der Waals surface area contributed by atoms with Crippen molar-refractivity contribution in [1.82, 2.24) is 20.9 Å². The molecule has 0 saturated carbocycles. The zero-order valence-electron chi connectivity index (χ0n) is 27.9. The number of imide groups is 1. The van der Waals surface area contributed by atoms with E-state index in [1.807, 2.05) is 30.3 Å². The van der Waals surface area contributed by atoms with E-state index in [9.17, 15) is 29.1 Å². The van der Waals surface area contributed by atoms with Gasteiger partial charge in [0.2, 0.25) is 5.91 Å². The predicted molar refractivity (Wildman–Crippen MR) is 173 cm³/mol. The smallest absolute Gasteiger partial charge is 0.407 e. The van der Waals surface area contributed by atoms with E-state index in [1.165, 1.54) is 19.2 Å². The van der Waals surface area contributed by atoms with Crippen LogP contribution in [-0.2, 0) is 25.5 Å². The van der Waals surface area contributed by atoms with Crippen molar-refractivity contribution in [3.63, 3.8) is 0 Å². The molecule has 5 amide bonds. The van der Waals surface area contributed by atoms with Gasteiger partial charge in [-0.1, -0.05) is 76.2 Å². The average Bonchev–Trinajstić information content (AvgIpc) is 2.99. The number of aliphatic hydroxyl groups excluding tert-OH is 1. The number of urea groups is 1. The first-order valence-corrected chi connectivity index (χ1v) is 15.3. The molecule has 0 unspecified atom stereocenters. The van der Waals surface area contributed by atoms with E-state index in [-0.39, 0.29) is 17.9 Å². The standard InChI is InChI=1S/C34H48N4O8/c1-21(2)27(29(40)36-28(22(3)4)31(42)45-8)37-32(43)38(30(41)24-17-13-10-14-18-24)20-26(39)25(19-23-15-11-9-12-16-23)35-33(44)46-34(5,6)7/h9-18,21-22,25-28,39H,19-20H2,1-8H3,(H,35,44)(H,36,40)(H,37,43)/t25-,26-,27-,28-/m1/s1. The number of benzene rings is 2. The lowest BCUT2D eigenvalue weighted by Crippen LogP contribution is -2.59. The van der Waals surface area contributed by atoms with E-state index in [1.54, 1.807) is 66.7 Å². The number of carbonyl (C=O) groups is 5. The molecule has 252 valence electrons. The van der Waals surface area contributed by atoms with Gasteiger partial charge in [0.05, 0.1) is 25.8 Å². The number of amides is 5. The van der Waals surface area contributed by atoms with Gasteiger partial charge >= 0.3 is 18.1 Å². The highest BCUT2D eigenvalue weighted by atomic mass is 16.6. The summed E-state index contributed by atoms with van der Waals surface area (Å²) in [6, 6.07) is 13.1. The highest BCUT2D eigenvalue weighted by Gasteiger charge is 2.35. The van der Waals surface area contributed by atoms with Crippen LogP contribution in [0.5, 0.6) is 0 Å². The quantitative estimate of drug-likeness (QED) is 0.241. The molecule has 0 aliphatic carbocycles. The Morgan fingerprint density at radius 1 is 0.804 bits per heavy atom. The van der Waals surface area contributed by atoms with E-state index >= 15 is 0 Å². The lowest BCUT2D eigenvalue weighted by atomic mass is 10.00. The van der Waals surface area contributed by atoms with E-state index in [4.69, 9.17) is 9.47 Å². The Kier molecular flexibility index (Phi) is 14.2. The summed E-state index contributed by atoms with van der Waals surface area (Å²) in [5.74, 6) is -2.76. The van der Waals surface area contributed by atoms with Crippen molar-refractivity contribution < 1.29 is 38.6 Å².